The maximum Gasteiger partial charge on any atom is 0.258 e. The molecule has 23 heavy (non-hydrogen) atoms. The van der Waals surface area contributed by atoms with Gasteiger partial charge in [0.1, 0.15) is 5.01 Å². The molecule has 0 aliphatic heterocycles. The average molecular weight is 342 g/mol. The Balaban J connectivity index is 1.54. The smallest absolute Gasteiger partial charge is 0.258 e. The molecule has 0 atom stereocenters. The summed E-state index contributed by atoms with van der Waals surface area (Å²) in [6, 6.07) is 9.76. The fraction of sp³-hybridized carbons (Fsp3) is 0.188. The van der Waals surface area contributed by atoms with E-state index in [1.807, 2.05) is 30.6 Å². The molecular formula is C16H14N4OS2. The van der Waals surface area contributed by atoms with Crippen molar-refractivity contribution in [3.8, 4) is 0 Å². The predicted molar refractivity (Wildman–Crippen MR) is 94.1 cm³/mol. The summed E-state index contributed by atoms with van der Waals surface area (Å²) in [5.41, 5.74) is 1.80. The fourth-order valence-corrected chi connectivity index (χ4v) is 4.31. The Morgan fingerprint density at radius 3 is 2.96 bits per heavy atom. The molecule has 0 bridgehead atoms. The lowest BCUT2D eigenvalue weighted by molar-refractivity contribution is 0.315. The molecule has 0 spiro atoms. The molecule has 0 radical (unpaired) electrons. The summed E-state index contributed by atoms with van der Waals surface area (Å²) < 4.78 is 2.77. The van der Waals surface area contributed by atoms with E-state index in [2.05, 4.69) is 20.9 Å². The first kappa shape index (κ1) is 14.5. The normalized spacial score (nSPS) is 11.7. The predicted octanol–water partition coefficient (Wildman–Crippen LogP) is 3.00. The molecule has 4 aromatic rings. The number of benzene rings is 1. The summed E-state index contributed by atoms with van der Waals surface area (Å²) in [6.07, 6.45) is 1.75. The largest absolute Gasteiger partial charge is 0.294 e. The van der Waals surface area contributed by atoms with Gasteiger partial charge in [-0.15, -0.1) is 22.7 Å². The zero-order chi connectivity index (χ0) is 15.8. The van der Waals surface area contributed by atoms with Crippen molar-refractivity contribution in [2.75, 3.05) is 7.05 Å². The quantitative estimate of drug-likeness (QED) is 0.572. The number of aromatic nitrogens is 3. The first-order valence-corrected chi connectivity index (χ1v) is 8.87. The second-order valence-corrected chi connectivity index (χ2v) is 7.38. The molecule has 7 heteroatoms. The number of hydrogen-bond donors (Lipinski definition) is 0. The van der Waals surface area contributed by atoms with E-state index >= 15 is 0 Å². The van der Waals surface area contributed by atoms with E-state index in [9.17, 15) is 4.79 Å². The van der Waals surface area contributed by atoms with Crippen LogP contribution in [0.2, 0.25) is 0 Å². The van der Waals surface area contributed by atoms with Crippen LogP contribution in [-0.4, -0.2) is 26.3 Å². The Hall–Kier alpha value is -2.09. The molecule has 5 nitrogen and oxygen atoms in total. The van der Waals surface area contributed by atoms with Gasteiger partial charge in [-0.25, -0.2) is 9.97 Å². The minimum atomic E-state index is -0.0281. The van der Waals surface area contributed by atoms with Crippen LogP contribution in [-0.2, 0) is 13.1 Å². The summed E-state index contributed by atoms with van der Waals surface area (Å²) in [4.78, 5) is 24.1. The summed E-state index contributed by atoms with van der Waals surface area (Å²) in [5, 5.41) is 2.95. The molecule has 1 aromatic carbocycles. The lowest BCUT2D eigenvalue weighted by atomic mass is 10.3. The van der Waals surface area contributed by atoms with Crippen LogP contribution in [0.1, 0.15) is 10.7 Å². The second kappa shape index (κ2) is 5.84. The third kappa shape index (κ3) is 2.90. The summed E-state index contributed by atoms with van der Waals surface area (Å²) in [6.45, 7) is 1.37. The highest BCUT2D eigenvalue weighted by molar-refractivity contribution is 7.18. The van der Waals surface area contributed by atoms with Gasteiger partial charge in [0.25, 0.3) is 5.56 Å². The molecule has 0 saturated carbocycles. The monoisotopic (exact) mass is 342 g/mol. The van der Waals surface area contributed by atoms with Crippen molar-refractivity contribution in [1.29, 1.82) is 0 Å². The van der Waals surface area contributed by atoms with Gasteiger partial charge in [0.2, 0.25) is 0 Å². The van der Waals surface area contributed by atoms with E-state index in [1.165, 1.54) is 16.0 Å². The van der Waals surface area contributed by atoms with Crippen molar-refractivity contribution in [3.63, 3.8) is 0 Å². The van der Waals surface area contributed by atoms with Crippen LogP contribution in [0.25, 0.3) is 15.2 Å². The molecule has 0 fully saturated rings. The zero-order valence-corrected chi connectivity index (χ0v) is 14.1. The third-order valence-corrected chi connectivity index (χ3v) is 5.31. The first-order valence-electron chi connectivity index (χ1n) is 7.18. The van der Waals surface area contributed by atoms with Crippen molar-refractivity contribution >= 4 is 37.9 Å². The standard InChI is InChI=1S/C16H14N4OS2/c1-19(10-14-18-12-4-2-3-5-13(12)23-14)9-11-8-15(21)20-6-7-22-16(20)17-11/h2-8H,9-10H2,1H3. The molecule has 116 valence electrons. The van der Waals surface area contributed by atoms with Gasteiger partial charge in [-0.3, -0.25) is 14.1 Å². The average Bonchev–Trinajstić information content (AvgIpc) is 3.12. The van der Waals surface area contributed by atoms with E-state index < -0.39 is 0 Å². The number of fused-ring (bicyclic) bond motifs is 2. The highest BCUT2D eigenvalue weighted by Gasteiger charge is 2.09. The topological polar surface area (TPSA) is 50.5 Å². The van der Waals surface area contributed by atoms with Crippen LogP contribution >= 0.6 is 22.7 Å². The summed E-state index contributed by atoms with van der Waals surface area (Å²) in [5.74, 6) is 0. The molecule has 0 amide bonds. The molecule has 4 rings (SSSR count). The van der Waals surface area contributed by atoms with E-state index in [1.54, 1.807) is 28.0 Å². The van der Waals surface area contributed by atoms with Crippen LogP contribution in [0, 0.1) is 0 Å². The maximum absolute atomic E-state index is 12.0. The number of thiazole rings is 2. The van der Waals surface area contributed by atoms with Gasteiger partial charge in [-0.05, 0) is 19.2 Å². The number of rotatable bonds is 4. The molecule has 3 aromatic heterocycles. The number of nitrogens with zero attached hydrogens (tertiary/aromatic N) is 4. The van der Waals surface area contributed by atoms with Crippen LogP contribution in [0.4, 0.5) is 0 Å². The molecule has 0 N–H and O–H groups in total. The second-order valence-electron chi connectivity index (χ2n) is 5.39. The number of hydrogen-bond acceptors (Lipinski definition) is 6. The molecular weight excluding hydrogens is 328 g/mol. The fourth-order valence-electron chi connectivity index (χ4n) is 2.52. The van der Waals surface area contributed by atoms with Crippen LogP contribution in [0.5, 0.6) is 0 Å². The Bertz CT molecular complexity index is 1000. The highest BCUT2D eigenvalue weighted by Crippen LogP contribution is 2.22. The highest BCUT2D eigenvalue weighted by atomic mass is 32.1. The van der Waals surface area contributed by atoms with Crippen LogP contribution in [0.15, 0.2) is 46.7 Å². The van der Waals surface area contributed by atoms with Crippen molar-refractivity contribution in [2.24, 2.45) is 0 Å². The van der Waals surface area contributed by atoms with Gasteiger partial charge < -0.3 is 0 Å². The molecule has 3 heterocycles. The third-order valence-electron chi connectivity index (χ3n) is 3.53. The number of para-hydroxylation sites is 1. The van der Waals surface area contributed by atoms with Gasteiger partial charge >= 0.3 is 0 Å². The van der Waals surface area contributed by atoms with E-state index in [0.717, 1.165) is 27.7 Å². The Labute approximate surface area is 140 Å². The van der Waals surface area contributed by atoms with Crippen molar-refractivity contribution in [3.05, 3.63) is 63.0 Å². The summed E-state index contributed by atoms with van der Waals surface area (Å²) in [7, 11) is 2.02. The van der Waals surface area contributed by atoms with Gasteiger partial charge in [0.15, 0.2) is 4.96 Å². The molecule has 0 unspecified atom stereocenters. The van der Waals surface area contributed by atoms with E-state index in [-0.39, 0.29) is 5.56 Å². The van der Waals surface area contributed by atoms with Gasteiger partial charge in [-0.2, -0.15) is 0 Å². The van der Waals surface area contributed by atoms with Crippen molar-refractivity contribution in [1.82, 2.24) is 19.3 Å². The molecule has 0 aliphatic rings. The van der Waals surface area contributed by atoms with E-state index in [0.29, 0.717) is 6.54 Å². The molecule has 0 saturated heterocycles. The van der Waals surface area contributed by atoms with Gasteiger partial charge in [0.05, 0.1) is 22.5 Å². The minimum absolute atomic E-state index is 0.0281. The lowest BCUT2D eigenvalue weighted by Crippen LogP contribution is -2.21. The van der Waals surface area contributed by atoms with Crippen molar-refractivity contribution in [2.45, 2.75) is 13.1 Å². The van der Waals surface area contributed by atoms with Crippen molar-refractivity contribution < 1.29 is 0 Å². The van der Waals surface area contributed by atoms with Crippen LogP contribution < -0.4 is 5.56 Å². The maximum atomic E-state index is 12.0. The first-order chi connectivity index (χ1) is 11.2. The minimum Gasteiger partial charge on any atom is -0.294 e. The SMILES string of the molecule is CN(Cc1cc(=O)n2ccsc2n1)Cc1nc2ccccc2s1. The Kier molecular flexibility index (Phi) is 3.68. The molecule has 0 aliphatic carbocycles. The Morgan fingerprint density at radius 1 is 1.22 bits per heavy atom. The summed E-state index contributed by atoms with van der Waals surface area (Å²) >= 11 is 3.18. The van der Waals surface area contributed by atoms with E-state index in [4.69, 9.17) is 0 Å². The Morgan fingerprint density at radius 2 is 2.09 bits per heavy atom. The van der Waals surface area contributed by atoms with Gasteiger partial charge in [0, 0.05) is 24.2 Å². The lowest BCUT2D eigenvalue weighted by Gasteiger charge is -2.14. The zero-order valence-electron chi connectivity index (χ0n) is 12.5. The van der Waals surface area contributed by atoms with Gasteiger partial charge in [-0.1, -0.05) is 12.1 Å². The van der Waals surface area contributed by atoms with Crippen LogP contribution in [0.3, 0.4) is 0 Å².